The molecule has 1 atom stereocenters. The van der Waals surface area contributed by atoms with E-state index in [4.69, 9.17) is 0 Å². The van der Waals surface area contributed by atoms with Crippen molar-refractivity contribution in [3.05, 3.63) is 72.3 Å². The molecule has 1 saturated carbocycles. The average Bonchev–Trinajstić information content (AvgIpc) is 3.51. The monoisotopic (exact) mass is 386 g/mol. The molecule has 1 amide bonds. The number of benzene rings is 1. The number of nitrogens with zero attached hydrogens (tertiary/aromatic N) is 4. The van der Waals surface area contributed by atoms with Gasteiger partial charge in [0.05, 0.1) is 11.5 Å². The molecule has 1 aliphatic heterocycles. The normalized spacial score (nSPS) is 20.4. The topological polar surface area (TPSA) is 51.0 Å². The van der Waals surface area contributed by atoms with Crippen LogP contribution in [0.5, 0.6) is 0 Å². The Morgan fingerprint density at radius 3 is 2.59 bits per heavy atom. The number of piperidine rings is 1. The third kappa shape index (κ3) is 3.15. The zero-order chi connectivity index (χ0) is 19.8. The standard InChI is InChI=1S/C24H26N4O/c1-18-16-26-22(19-9-13-25-14-10-19)28(18)21-8-5-15-27(17-21)23(29)24(11-12-24)20-6-3-2-4-7-20/h2-4,6-7,9-10,13-14,16,21H,5,8,11-12,15,17H2,1H3. The van der Waals surface area contributed by atoms with Crippen LogP contribution < -0.4 is 0 Å². The predicted molar refractivity (Wildman–Crippen MR) is 112 cm³/mol. The maximum Gasteiger partial charge on any atom is 0.233 e. The van der Waals surface area contributed by atoms with Gasteiger partial charge in [-0.2, -0.15) is 0 Å². The van der Waals surface area contributed by atoms with Gasteiger partial charge in [-0.25, -0.2) is 4.98 Å². The Labute approximate surface area is 171 Å². The van der Waals surface area contributed by atoms with Gasteiger partial charge in [-0.1, -0.05) is 30.3 Å². The zero-order valence-electron chi connectivity index (χ0n) is 16.8. The van der Waals surface area contributed by atoms with Crippen molar-refractivity contribution in [2.24, 2.45) is 0 Å². The van der Waals surface area contributed by atoms with Crippen LogP contribution in [0.2, 0.25) is 0 Å². The van der Waals surface area contributed by atoms with Gasteiger partial charge in [0.1, 0.15) is 5.82 Å². The van der Waals surface area contributed by atoms with E-state index in [0.717, 1.165) is 55.9 Å². The lowest BCUT2D eigenvalue weighted by Gasteiger charge is -2.37. The van der Waals surface area contributed by atoms with Crippen LogP contribution >= 0.6 is 0 Å². The molecule has 29 heavy (non-hydrogen) atoms. The quantitative estimate of drug-likeness (QED) is 0.677. The van der Waals surface area contributed by atoms with Crippen LogP contribution in [0.1, 0.15) is 43.0 Å². The van der Waals surface area contributed by atoms with Crippen LogP contribution in [0.25, 0.3) is 11.4 Å². The molecule has 1 aliphatic carbocycles. The molecule has 3 heterocycles. The van der Waals surface area contributed by atoms with Crippen molar-refractivity contribution >= 4 is 5.91 Å². The molecule has 3 aromatic rings. The molecule has 1 saturated heterocycles. The Morgan fingerprint density at radius 2 is 1.86 bits per heavy atom. The molecule has 0 spiro atoms. The highest BCUT2D eigenvalue weighted by atomic mass is 16.2. The van der Waals surface area contributed by atoms with E-state index in [1.165, 1.54) is 5.56 Å². The first-order valence-corrected chi connectivity index (χ1v) is 10.5. The molecule has 0 bridgehead atoms. The van der Waals surface area contributed by atoms with E-state index in [1.807, 2.05) is 36.5 Å². The van der Waals surface area contributed by atoms with Gasteiger partial charge in [0.15, 0.2) is 0 Å². The third-order valence-corrected chi connectivity index (χ3v) is 6.45. The highest BCUT2D eigenvalue weighted by Crippen LogP contribution is 2.50. The number of carbonyl (C=O) groups is 1. The van der Waals surface area contributed by atoms with E-state index >= 15 is 0 Å². The van der Waals surface area contributed by atoms with Gasteiger partial charge in [0.25, 0.3) is 0 Å². The lowest BCUT2D eigenvalue weighted by atomic mass is 9.93. The molecule has 0 N–H and O–H groups in total. The van der Waals surface area contributed by atoms with Crippen LogP contribution in [-0.4, -0.2) is 38.4 Å². The van der Waals surface area contributed by atoms with Gasteiger partial charge in [-0.3, -0.25) is 9.78 Å². The summed E-state index contributed by atoms with van der Waals surface area (Å²) in [6.07, 6.45) is 9.55. The Kier molecular flexibility index (Phi) is 4.46. The van der Waals surface area contributed by atoms with Crippen molar-refractivity contribution in [1.82, 2.24) is 19.4 Å². The molecule has 1 unspecified atom stereocenters. The minimum atomic E-state index is -0.291. The number of likely N-dealkylation sites (tertiary alicyclic amines) is 1. The van der Waals surface area contributed by atoms with Gasteiger partial charge in [-0.15, -0.1) is 0 Å². The van der Waals surface area contributed by atoms with Crippen molar-refractivity contribution in [3.8, 4) is 11.4 Å². The minimum Gasteiger partial charge on any atom is -0.340 e. The van der Waals surface area contributed by atoms with Gasteiger partial charge in [0.2, 0.25) is 5.91 Å². The van der Waals surface area contributed by atoms with E-state index in [9.17, 15) is 4.79 Å². The fourth-order valence-corrected chi connectivity index (χ4v) is 4.78. The summed E-state index contributed by atoms with van der Waals surface area (Å²) in [6.45, 7) is 3.70. The van der Waals surface area contributed by atoms with Crippen LogP contribution in [-0.2, 0) is 10.2 Å². The van der Waals surface area contributed by atoms with Crippen LogP contribution in [0.4, 0.5) is 0 Å². The number of imidazole rings is 1. The largest absolute Gasteiger partial charge is 0.340 e. The summed E-state index contributed by atoms with van der Waals surface area (Å²) in [5.41, 5.74) is 3.09. The molecular formula is C24H26N4O. The predicted octanol–water partition coefficient (Wildman–Crippen LogP) is 4.15. The third-order valence-electron chi connectivity index (χ3n) is 6.45. The van der Waals surface area contributed by atoms with Gasteiger partial charge < -0.3 is 9.47 Å². The van der Waals surface area contributed by atoms with Crippen LogP contribution in [0.15, 0.2) is 61.1 Å². The second kappa shape index (κ2) is 7.14. The van der Waals surface area contributed by atoms with Crippen molar-refractivity contribution in [1.29, 1.82) is 0 Å². The summed E-state index contributed by atoms with van der Waals surface area (Å²) in [5, 5.41) is 0. The van der Waals surface area contributed by atoms with Crippen molar-refractivity contribution in [2.75, 3.05) is 13.1 Å². The SMILES string of the molecule is Cc1cnc(-c2ccncc2)n1C1CCCN(C(=O)C2(c3ccccc3)CC2)C1. The average molecular weight is 386 g/mol. The number of rotatable bonds is 4. The maximum atomic E-state index is 13.5. The number of hydrogen-bond acceptors (Lipinski definition) is 3. The lowest BCUT2D eigenvalue weighted by molar-refractivity contribution is -0.135. The van der Waals surface area contributed by atoms with E-state index in [0.29, 0.717) is 5.91 Å². The maximum absolute atomic E-state index is 13.5. The Hall–Kier alpha value is -2.95. The van der Waals surface area contributed by atoms with Crippen LogP contribution in [0, 0.1) is 6.92 Å². The molecule has 2 aliphatic rings. The van der Waals surface area contributed by atoms with Crippen molar-refractivity contribution < 1.29 is 4.79 Å². The molecule has 5 heteroatoms. The summed E-state index contributed by atoms with van der Waals surface area (Å²) in [7, 11) is 0. The first-order chi connectivity index (χ1) is 14.2. The number of aromatic nitrogens is 3. The summed E-state index contributed by atoms with van der Waals surface area (Å²) in [4.78, 5) is 24.4. The van der Waals surface area contributed by atoms with E-state index in [-0.39, 0.29) is 11.5 Å². The number of pyridine rings is 1. The van der Waals surface area contributed by atoms with Crippen molar-refractivity contribution in [2.45, 2.75) is 44.1 Å². The molecule has 0 radical (unpaired) electrons. The molecular weight excluding hydrogens is 360 g/mol. The fraction of sp³-hybridized carbons (Fsp3) is 0.375. The highest BCUT2D eigenvalue weighted by Gasteiger charge is 2.53. The van der Waals surface area contributed by atoms with E-state index < -0.39 is 0 Å². The number of carbonyl (C=O) groups excluding carboxylic acids is 1. The Bertz CT molecular complexity index is 1010. The van der Waals surface area contributed by atoms with Gasteiger partial charge in [-0.05, 0) is 50.3 Å². The fourth-order valence-electron chi connectivity index (χ4n) is 4.78. The molecule has 2 fully saturated rings. The molecule has 5 nitrogen and oxygen atoms in total. The molecule has 2 aromatic heterocycles. The second-order valence-electron chi connectivity index (χ2n) is 8.32. The number of hydrogen-bond donors (Lipinski definition) is 0. The summed E-state index contributed by atoms with van der Waals surface area (Å²) in [5.74, 6) is 1.27. The van der Waals surface area contributed by atoms with Gasteiger partial charge in [0, 0.05) is 42.9 Å². The highest BCUT2D eigenvalue weighted by molar-refractivity contribution is 5.91. The zero-order valence-corrected chi connectivity index (χ0v) is 16.8. The number of aryl methyl sites for hydroxylation is 1. The van der Waals surface area contributed by atoms with E-state index in [2.05, 4.69) is 38.5 Å². The summed E-state index contributed by atoms with van der Waals surface area (Å²) < 4.78 is 2.32. The minimum absolute atomic E-state index is 0.255. The van der Waals surface area contributed by atoms with E-state index in [1.54, 1.807) is 12.4 Å². The first kappa shape index (κ1) is 18.1. The lowest BCUT2D eigenvalue weighted by Crippen LogP contribution is -2.45. The van der Waals surface area contributed by atoms with Crippen molar-refractivity contribution in [3.63, 3.8) is 0 Å². The summed E-state index contributed by atoms with van der Waals surface area (Å²) >= 11 is 0. The number of amides is 1. The molecule has 5 rings (SSSR count). The molecule has 1 aromatic carbocycles. The smallest absolute Gasteiger partial charge is 0.233 e. The van der Waals surface area contributed by atoms with Crippen LogP contribution in [0.3, 0.4) is 0 Å². The summed E-state index contributed by atoms with van der Waals surface area (Å²) in [6, 6.07) is 14.6. The molecule has 148 valence electrons. The Morgan fingerprint density at radius 1 is 1.10 bits per heavy atom. The Balaban J connectivity index is 1.41. The van der Waals surface area contributed by atoms with Gasteiger partial charge >= 0.3 is 0 Å². The second-order valence-corrected chi connectivity index (χ2v) is 8.32. The first-order valence-electron chi connectivity index (χ1n) is 10.5.